The molecule has 0 bridgehead atoms. The lowest BCUT2D eigenvalue weighted by molar-refractivity contribution is 0.0822. The summed E-state index contributed by atoms with van der Waals surface area (Å²) in [6.45, 7) is 3.44. The number of sulfonamides is 1. The van der Waals surface area contributed by atoms with Crippen LogP contribution in [0.25, 0.3) is 0 Å². The number of nitrogens with one attached hydrogen (secondary N) is 1. The average Bonchev–Trinajstić information content (AvgIpc) is 2.87. The Bertz CT molecular complexity index is 1200. The molecule has 6 nitrogen and oxygen atoms in total. The van der Waals surface area contributed by atoms with Gasteiger partial charge in [-0.15, -0.1) is 0 Å². The third kappa shape index (κ3) is 5.27. The average molecular weight is 480 g/mol. The molecule has 1 fully saturated rings. The second-order valence-corrected chi connectivity index (χ2v) is 10.7. The lowest BCUT2D eigenvalue weighted by Gasteiger charge is -2.36. The maximum absolute atomic E-state index is 13.2. The van der Waals surface area contributed by atoms with Crippen molar-refractivity contribution >= 4 is 15.7 Å². The Hall–Kier alpha value is -2.87. The molecule has 0 aromatic heterocycles. The molecular weight excluding hydrogens is 446 g/mol. The molecule has 1 heterocycles. The molecule has 3 aromatic carbocycles. The van der Waals surface area contributed by atoms with E-state index >= 15 is 0 Å². The number of hydrazine groups is 1. The van der Waals surface area contributed by atoms with Crippen LogP contribution in [0.2, 0.25) is 0 Å². The Labute approximate surface area is 203 Å². The molecule has 0 saturated carbocycles. The molecule has 1 unspecified atom stereocenters. The Morgan fingerprint density at radius 2 is 1.76 bits per heavy atom. The van der Waals surface area contributed by atoms with Crippen molar-refractivity contribution in [2.75, 3.05) is 25.0 Å². The molecule has 0 spiro atoms. The maximum atomic E-state index is 13.2. The van der Waals surface area contributed by atoms with Crippen LogP contribution < -0.4 is 14.5 Å². The quantitative estimate of drug-likeness (QED) is 0.489. The van der Waals surface area contributed by atoms with Crippen LogP contribution in [0.15, 0.2) is 77.7 Å². The summed E-state index contributed by atoms with van der Waals surface area (Å²) < 4.78 is 33.3. The number of anilines is 1. The SMILES string of the molecule is COc1ccc(N(C)S(=O)(=O)c2ccc(C)cc2)cc1CNN1CCCCC1c1ccccc1. The molecule has 3 aromatic rings. The minimum atomic E-state index is -3.66. The first kappa shape index (κ1) is 24.3. The molecule has 1 atom stereocenters. The predicted octanol–water partition coefficient (Wildman–Crippen LogP) is 5.06. The number of aryl methyl sites for hydroxylation is 1. The third-order valence-corrected chi connectivity index (χ3v) is 8.27. The summed E-state index contributed by atoms with van der Waals surface area (Å²) in [6.07, 6.45) is 3.45. The lowest BCUT2D eigenvalue weighted by atomic mass is 9.97. The van der Waals surface area contributed by atoms with Gasteiger partial charge in [-0.3, -0.25) is 9.73 Å². The molecule has 34 heavy (non-hydrogen) atoms. The van der Waals surface area contributed by atoms with Crippen LogP contribution in [0.1, 0.15) is 42.0 Å². The number of rotatable bonds is 8. The Morgan fingerprint density at radius 1 is 1.03 bits per heavy atom. The minimum Gasteiger partial charge on any atom is -0.496 e. The van der Waals surface area contributed by atoms with Crippen molar-refractivity contribution in [3.63, 3.8) is 0 Å². The molecule has 0 radical (unpaired) electrons. The highest BCUT2D eigenvalue weighted by molar-refractivity contribution is 7.92. The molecule has 1 N–H and O–H groups in total. The predicted molar refractivity (Wildman–Crippen MR) is 136 cm³/mol. The van der Waals surface area contributed by atoms with E-state index in [1.165, 1.54) is 16.3 Å². The van der Waals surface area contributed by atoms with Crippen LogP contribution in [0.5, 0.6) is 5.75 Å². The lowest BCUT2D eigenvalue weighted by Crippen LogP contribution is -2.43. The van der Waals surface area contributed by atoms with E-state index in [4.69, 9.17) is 4.74 Å². The molecule has 1 saturated heterocycles. The maximum Gasteiger partial charge on any atom is 0.264 e. The Balaban J connectivity index is 1.55. The monoisotopic (exact) mass is 479 g/mol. The van der Waals surface area contributed by atoms with Crippen LogP contribution in [0.3, 0.4) is 0 Å². The fourth-order valence-corrected chi connectivity index (χ4v) is 5.62. The normalized spacial score (nSPS) is 16.9. The van der Waals surface area contributed by atoms with Crippen molar-refractivity contribution in [1.82, 2.24) is 10.4 Å². The van der Waals surface area contributed by atoms with Gasteiger partial charge in [-0.05, 0) is 55.7 Å². The van der Waals surface area contributed by atoms with Crippen LogP contribution in [0, 0.1) is 6.92 Å². The van der Waals surface area contributed by atoms with Crippen molar-refractivity contribution in [2.45, 2.75) is 43.7 Å². The van der Waals surface area contributed by atoms with Gasteiger partial charge in [-0.1, -0.05) is 54.4 Å². The second-order valence-electron chi connectivity index (χ2n) is 8.73. The standard InChI is InChI=1S/C27H33N3O3S/c1-21-12-15-25(16-13-21)34(31,32)29(2)24-14-17-27(33-3)23(19-24)20-28-30-18-8-7-11-26(30)22-9-5-4-6-10-22/h4-6,9-10,12-17,19,26,28H,7-8,11,18,20H2,1-3H3. The fraction of sp³-hybridized carbons (Fsp3) is 0.333. The summed E-state index contributed by atoms with van der Waals surface area (Å²) in [5, 5.41) is 2.30. The first-order chi connectivity index (χ1) is 16.4. The van der Waals surface area contributed by atoms with Gasteiger partial charge in [0.05, 0.1) is 17.7 Å². The zero-order valence-corrected chi connectivity index (χ0v) is 20.9. The number of methoxy groups -OCH3 is 1. The van der Waals surface area contributed by atoms with Crippen molar-refractivity contribution in [1.29, 1.82) is 0 Å². The molecule has 0 aliphatic carbocycles. The van der Waals surface area contributed by atoms with E-state index in [0.717, 1.165) is 36.3 Å². The molecule has 1 aliphatic rings. The Kier molecular flexibility index (Phi) is 7.56. The summed E-state index contributed by atoms with van der Waals surface area (Å²) in [5.41, 5.74) is 7.41. The van der Waals surface area contributed by atoms with Gasteiger partial charge in [-0.25, -0.2) is 13.4 Å². The molecule has 7 heteroatoms. The van der Waals surface area contributed by atoms with Gasteiger partial charge < -0.3 is 4.74 Å². The van der Waals surface area contributed by atoms with Gasteiger partial charge in [0.15, 0.2) is 0 Å². The van der Waals surface area contributed by atoms with E-state index in [2.05, 4.69) is 34.7 Å². The summed E-state index contributed by atoms with van der Waals surface area (Å²) in [4.78, 5) is 0.273. The largest absolute Gasteiger partial charge is 0.496 e. The molecule has 180 valence electrons. The highest BCUT2D eigenvalue weighted by Crippen LogP contribution is 2.31. The van der Waals surface area contributed by atoms with E-state index in [0.29, 0.717) is 18.3 Å². The molecule has 4 rings (SSSR count). The molecular formula is C27H33N3O3S. The van der Waals surface area contributed by atoms with E-state index < -0.39 is 10.0 Å². The number of piperidine rings is 1. The smallest absolute Gasteiger partial charge is 0.264 e. The summed E-state index contributed by atoms with van der Waals surface area (Å²) in [6, 6.07) is 23.3. The summed E-state index contributed by atoms with van der Waals surface area (Å²) in [7, 11) is -0.438. The van der Waals surface area contributed by atoms with Gasteiger partial charge in [0, 0.05) is 31.7 Å². The van der Waals surface area contributed by atoms with E-state index in [1.54, 1.807) is 32.4 Å². The molecule has 0 amide bonds. The Morgan fingerprint density at radius 3 is 2.47 bits per heavy atom. The second kappa shape index (κ2) is 10.6. The van der Waals surface area contributed by atoms with Gasteiger partial charge in [0.1, 0.15) is 5.75 Å². The van der Waals surface area contributed by atoms with Gasteiger partial charge in [0.25, 0.3) is 10.0 Å². The van der Waals surface area contributed by atoms with Gasteiger partial charge in [0.2, 0.25) is 0 Å². The number of hydrogen-bond donors (Lipinski definition) is 1. The van der Waals surface area contributed by atoms with Crippen LogP contribution in [-0.4, -0.2) is 34.1 Å². The van der Waals surface area contributed by atoms with Crippen molar-refractivity contribution in [3.8, 4) is 5.75 Å². The van der Waals surface area contributed by atoms with Crippen molar-refractivity contribution in [2.24, 2.45) is 0 Å². The van der Waals surface area contributed by atoms with Gasteiger partial charge >= 0.3 is 0 Å². The van der Waals surface area contributed by atoms with E-state index in [9.17, 15) is 8.42 Å². The van der Waals surface area contributed by atoms with Crippen LogP contribution in [-0.2, 0) is 16.6 Å². The van der Waals surface area contributed by atoms with Gasteiger partial charge in [-0.2, -0.15) is 0 Å². The number of hydrogen-bond acceptors (Lipinski definition) is 5. The number of benzene rings is 3. The molecule has 1 aliphatic heterocycles. The zero-order chi connectivity index (χ0) is 24.1. The summed E-state index contributed by atoms with van der Waals surface area (Å²) in [5.74, 6) is 0.727. The highest BCUT2D eigenvalue weighted by atomic mass is 32.2. The van der Waals surface area contributed by atoms with Crippen LogP contribution >= 0.6 is 0 Å². The first-order valence-corrected chi connectivity index (χ1v) is 13.1. The highest BCUT2D eigenvalue weighted by Gasteiger charge is 2.25. The third-order valence-electron chi connectivity index (χ3n) is 6.47. The zero-order valence-electron chi connectivity index (χ0n) is 20.1. The fourth-order valence-electron chi connectivity index (χ4n) is 4.44. The van der Waals surface area contributed by atoms with Crippen molar-refractivity contribution < 1.29 is 13.2 Å². The summed E-state index contributed by atoms with van der Waals surface area (Å²) >= 11 is 0. The number of ether oxygens (including phenoxy) is 1. The number of nitrogens with zero attached hydrogens (tertiary/aromatic N) is 2. The van der Waals surface area contributed by atoms with E-state index in [1.807, 2.05) is 37.3 Å². The van der Waals surface area contributed by atoms with Crippen LogP contribution in [0.4, 0.5) is 5.69 Å². The van der Waals surface area contributed by atoms with E-state index in [-0.39, 0.29) is 4.90 Å². The van der Waals surface area contributed by atoms with Crippen molar-refractivity contribution in [3.05, 3.63) is 89.5 Å². The first-order valence-electron chi connectivity index (χ1n) is 11.7. The minimum absolute atomic E-state index is 0.273. The topological polar surface area (TPSA) is 61.9 Å².